The highest BCUT2D eigenvalue weighted by Gasteiger charge is 2.28. The summed E-state index contributed by atoms with van der Waals surface area (Å²) < 4.78 is 5.28. The van der Waals surface area contributed by atoms with Crippen molar-refractivity contribution in [2.24, 2.45) is 5.92 Å². The van der Waals surface area contributed by atoms with E-state index in [2.05, 4.69) is 5.32 Å². The summed E-state index contributed by atoms with van der Waals surface area (Å²) in [6, 6.07) is 9.45. The number of benzene rings is 1. The van der Waals surface area contributed by atoms with E-state index in [1.165, 1.54) is 0 Å². The number of ether oxygens (including phenoxy) is 1. The number of likely N-dealkylation sites (tertiary alicyclic amines) is 1. The molecule has 6 nitrogen and oxygen atoms in total. The van der Waals surface area contributed by atoms with Crippen LogP contribution in [0.5, 0.6) is 0 Å². The number of rotatable bonds is 5. The Morgan fingerprint density at radius 3 is 2.82 bits per heavy atom. The van der Waals surface area contributed by atoms with Crippen LogP contribution in [-0.2, 0) is 20.9 Å². The van der Waals surface area contributed by atoms with Crippen LogP contribution in [0, 0.1) is 5.92 Å². The SMILES string of the molecule is O=CCNC(=O)C1CCCN(C(=O)OCc2ccccc2)C1. The summed E-state index contributed by atoms with van der Waals surface area (Å²) in [4.78, 5) is 35.8. The van der Waals surface area contributed by atoms with Gasteiger partial charge >= 0.3 is 6.09 Å². The predicted octanol–water partition coefficient (Wildman–Crippen LogP) is 1.35. The van der Waals surface area contributed by atoms with Gasteiger partial charge in [0.25, 0.3) is 0 Å². The van der Waals surface area contributed by atoms with E-state index in [9.17, 15) is 14.4 Å². The summed E-state index contributed by atoms with van der Waals surface area (Å²) in [6.07, 6.45) is 1.70. The van der Waals surface area contributed by atoms with Crippen molar-refractivity contribution in [2.75, 3.05) is 19.6 Å². The van der Waals surface area contributed by atoms with Crippen molar-refractivity contribution in [1.29, 1.82) is 0 Å². The van der Waals surface area contributed by atoms with Crippen LogP contribution < -0.4 is 5.32 Å². The minimum absolute atomic E-state index is 0.00773. The second-order valence-electron chi connectivity index (χ2n) is 5.24. The molecule has 22 heavy (non-hydrogen) atoms. The van der Waals surface area contributed by atoms with E-state index < -0.39 is 6.09 Å². The van der Waals surface area contributed by atoms with Gasteiger partial charge in [0.2, 0.25) is 5.91 Å². The van der Waals surface area contributed by atoms with E-state index in [0.29, 0.717) is 25.8 Å². The van der Waals surface area contributed by atoms with Gasteiger partial charge in [-0.1, -0.05) is 30.3 Å². The first-order chi connectivity index (χ1) is 10.7. The molecule has 6 heteroatoms. The molecular weight excluding hydrogens is 284 g/mol. The molecule has 1 atom stereocenters. The van der Waals surface area contributed by atoms with Gasteiger partial charge in [-0.15, -0.1) is 0 Å². The minimum Gasteiger partial charge on any atom is -0.445 e. The van der Waals surface area contributed by atoms with E-state index in [1.54, 1.807) is 4.90 Å². The standard InChI is InChI=1S/C16H20N2O4/c19-10-8-17-15(20)14-7-4-9-18(11-14)16(21)22-12-13-5-2-1-3-6-13/h1-3,5-6,10,14H,4,7-9,11-12H2,(H,17,20). The molecule has 0 aromatic heterocycles. The Labute approximate surface area is 129 Å². The number of nitrogens with zero attached hydrogens (tertiary/aromatic N) is 1. The van der Waals surface area contributed by atoms with Gasteiger partial charge in [-0.05, 0) is 18.4 Å². The summed E-state index contributed by atoms with van der Waals surface area (Å²) in [6.45, 7) is 1.15. The van der Waals surface area contributed by atoms with E-state index in [4.69, 9.17) is 4.74 Å². The maximum atomic E-state index is 12.1. The zero-order valence-electron chi connectivity index (χ0n) is 12.4. The number of amides is 2. The van der Waals surface area contributed by atoms with Crippen molar-refractivity contribution >= 4 is 18.3 Å². The molecule has 1 aromatic rings. The van der Waals surface area contributed by atoms with E-state index in [1.807, 2.05) is 30.3 Å². The highest BCUT2D eigenvalue weighted by atomic mass is 16.6. The molecule has 1 heterocycles. The highest BCUT2D eigenvalue weighted by molar-refractivity contribution is 5.81. The van der Waals surface area contributed by atoms with Gasteiger partial charge < -0.3 is 19.7 Å². The van der Waals surface area contributed by atoms with Gasteiger partial charge in [-0.3, -0.25) is 4.79 Å². The van der Waals surface area contributed by atoms with Crippen LogP contribution in [0.1, 0.15) is 18.4 Å². The third kappa shape index (κ3) is 4.58. The van der Waals surface area contributed by atoms with Crippen LogP contribution in [0.2, 0.25) is 0 Å². The molecule has 1 aromatic carbocycles. The Morgan fingerprint density at radius 1 is 1.32 bits per heavy atom. The molecule has 1 aliphatic rings. The fourth-order valence-electron chi connectivity index (χ4n) is 2.45. The van der Waals surface area contributed by atoms with Crippen LogP contribution in [-0.4, -0.2) is 42.8 Å². The zero-order chi connectivity index (χ0) is 15.8. The van der Waals surface area contributed by atoms with E-state index >= 15 is 0 Å². The number of hydrogen-bond donors (Lipinski definition) is 1. The molecule has 1 fully saturated rings. The molecule has 1 saturated heterocycles. The lowest BCUT2D eigenvalue weighted by Crippen LogP contribution is -2.45. The third-order valence-electron chi connectivity index (χ3n) is 3.62. The smallest absolute Gasteiger partial charge is 0.410 e. The van der Waals surface area contributed by atoms with Gasteiger partial charge in [0.15, 0.2) is 0 Å². The molecule has 1 N–H and O–H groups in total. The normalized spacial score (nSPS) is 17.6. The molecule has 1 aliphatic heterocycles. The number of piperidine rings is 1. The molecule has 2 amide bonds. The lowest BCUT2D eigenvalue weighted by Gasteiger charge is -2.31. The van der Waals surface area contributed by atoms with Crippen molar-refractivity contribution < 1.29 is 19.1 Å². The second kappa shape index (κ2) is 8.17. The first-order valence-electron chi connectivity index (χ1n) is 7.37. The molecular formula is C16H20N2O4. The van der Waals surface area contributed by atoms with Gasteiger partial charge in [0.1, 0.15) is 12.9 Å². The maximum Gasteiger partial charge on any atom is 0.410 e. The number of nitrogens with one attached hydrogen (secondary N) is 1. The summed E-state index contributed by atoms with van der Waals surface area (Å²) in [7, 11) is 0. The van der Waals surface area contributed by atoms with Crippen molar-refractivity contribution in [3.05, 3.63) is 35.9 Å². The average Bonchev–Trinajstić information content (AvgIpc) is 2.58. The summed E-state index contributed by atoms with van der Waals surface area (Å²) >= 11 is 0. The molecule has 0 saturated carbocycles. The number of carbonyl (C=O) groups excluding carboxylic acids is 3. The first-order valence-corrected chi connectivity index (χ1v) is 7.37. The van der Waals surface area contributed by atoms with Crippen LogP contribution in [0.15, 0.2) is 30.3 Å². The quantitative estimate of drug-likeness (QED) is 0.833. The Bertz CT molecular complexity index is 518. The van der Waals surface area contributed by atoms with Crippen molar-refractivity contribution in [1.82, 2.24) is 10.2 Å². The number of aldehydes is 1. The van der Waals surface area contributed by atoms with Crippen molar-refractivity contribution in [3.8, 4) is 0 Å². The lowest BCUT2D eigenvalue weighted by molar-refractivity contribution is -0.127. The second-order valence-corrected chi connectivity index (χ2v) is 5.24. The summed E-state index contributed by atoms with van der Waals surface area (Å²) in [5.41, 5.74) is 0.924. The minimum atomic E-state index is -0.406. The number of hydrogen-bond acceptors (Lipinski definition) is 4. The molecule has 1 unspecified atom stereocenters. The zero-order valence-corrected chi connectivity index (χ0v) is 12.4. The predicted molar refractivity (Wildman–Crippen MR) is 80.0 cm³/mol. The molecule has 0 bridgehead atoms. The average molecular weight is 304 g/mol. The van der Waals surface area contributed by atoms with Crippen molar-refractivity contribution in [2.45, 2.75) is 19.4 Å². The lowest BCUT2D eigenvalue weighted by atomic mass is 9.97. The molecule has 2 rings (SSSR count). The highest BCUT2D eigenvalue weighted by Crippen LogP contribution is 2.17. The van der Waals surface area contributed by atoms with Crippen LogP contribution in [0.25, 0.3) is 0 Å². The molecule has 0 spiro atoms. The van der Waals surface area contributed by atoms with Gasteiger partial charge in [-0.2, -0.15) is 0 Å². The van der Waals surface area contributed by atoms with E-state index in [0.717, 1.165) is 12.0 Å². The summed E-state index contributed by atoms with van der Waals surface area (Å²) in [5, 5.41) is 2.53. The van der Waals surface area contributed by atoms with Crippen LogP contribution in [0.4, 0.5) is 4.79 Å². The van der Waals surface area contributed by atoms with Gasteiger partial charge in [0, 0.05) is 13.1 Å². The Kier molecular flexibility index (Phi) is 5.94. The fourth-order valence-corrected chi connectivity index (χ4v) is 2.45. The largest absolute Gasteiger partial charge is 0.445 e. The monoisotopic (exact) mass is 304 g/mol. The topological polar surface area (TPSA) is 75.7 Å². The van der Waals surface area contributed by atoms with Gasteiger partial charge in [0.05, 0.1) is 12.5 Å². The van der Waals surface area contributed by atoms with Crippen LogP contribution in [0.3, 0.4) is 0 Å². The Hall–Kier alpha value is -2.37. The summed E-state index contributed by atoms with van der Waals surface area (Å²) in [5.74, 6) is -0.467. The van der Waals surface area contributed by atoms with Crippen LogP contribution >= 0.6 is 0 Å². The third-order valence-corrected chi connectivity index (χ3v) is 3.62. The Balaban J connectivity index is 1.82. The first kappa shape index (κ1) is 16.0. The maximum absolute atomic E-state index is 12.1. The molecule has 0 radical (unpaired) electrons. The molecule has 0 aliphatic carbocycles. The van der Waals surface area contributed by atoms with E-state index in [-0.39, 0.29) is 25.0 Å². The van der Waals surface area contributed by atoms with Crippen molar-refractivity contribution in [3.63, 3.8) is 0 Å². The Morgan fingerprint density at radius 2 is 2.09 bits per heavy atom. The molecule has 118 valence electrons. The number of carbonyl (C=O) groups is 3. The van der Waals surface area contributed by atoms with Gasteiger partial charge in [-0.25, -0.2) is 4.79 Å². The fraction of sp³-hybridized carbons (Fsp3) is 0.438.